The Balaban J connectivity index is 1.38. The predicted molar refractivity (Wildman–Crippen MR) is 106 cm³/mol. The van der Waals surface area contributed by atoms with Crippen LogP contribution in [0.2, 0.25) is 0 Å². The standard InChI is InChI=1S/C22H19FN4/c1-15(16-6-8-17(9-7-16)22-25-11-3-12-26-22)24-13-10-18-14-27-21-19(18)4-2-5-20(21)23/h2-9,11-12,14,24,27H,1,10,13H2. The molecule has 4 rings (SSSR count). The van der Waals surface area contributed by atoms with Crippen LogP contribution in [0, 0.1) is 5.82 Å². The molecule has 0 atom stereocenters. The van der Waals surface area contributed by atoms with Gasteiger partial charge in [0.25, 0.3) is 0 Å². The minimum absolute atomic E-state index is 0.224. The number of hydrogen-bond donors (Lipinski definition) is 2. The van der Waals surface area contributed by atoms with Crippen LogP contribution in [0.5, 0.6) is 0 Å². The molecule has 0 aliphatic rings. The molecule has 0 spiro atoms. The topological polar surface area (TPSA) is 53.6 Å². The van der Waals surface area contributed by atoms with Crippen LogP contribution in [0.15, 0.2) is 73.7 Å². The second-order valence-corrected chi connectivity index (χ2v) is 6.28. The largest absolute Gasteiger partial charge is 0.385 e. The molecule has 0 amide bonds. The van der Waals surface area contributed by atoms with E-state index in [0.717, 1.165) is 34.2 Å². The van der Waals surface area contributed by atoms with E-state index in [1.165, 1.54) is 6.07 Å². The van der Waals surface area contributed by atoms with Crippen molar-refractivity contribution in [3.8, 4) is 11.4 Å². The number of aromatic amines is 1. The van der Waals surface area contributed by atoms with Crippen molar-refractivity contribution in [3.63, 3.8) is 0 Å². The van der Waals surface area contributed by atoms with Crippen molar-refractivity contribution in [1.29, 1.82) is 0 Å². The minimum Gasteiger partial charge on any atom is -0.385 e. The molecule has 0 aliphatic heterocycles. The summed E-state index contributed by atoms with van der Waals surface area (Å²) >= 11 is 0. The van der Waals surface area contributed by atoms with Gasteiger partial charge in [0.15, 0.2) is 5.82 Å². The van der Waals surface area contributed by atoms with Gasteiger partial charge in [0.1, 0.15) is 5.82 Å². The zero-order valence-electron chi connectivity index (χ0n) is 14.7. The molecule has 5 heteroatoms. The first-order valence-corrected chi connectivity index (χ1v) is 8.77. The summed E-state index contributed by atoms with van der Waals surface area (Å²) in [5.41, 5.74) is 4.47. The Bertz CT molecular complexity index is 1070. The molecule has 2 aromatic heterocycles. The molecular formula is C22H19FN4. The molecule has 2 N–H and O–H groups in total. The second kappa shape index (κ2) is 7.41. The van der Waals surface area contributed by atoms with Crippen molar-refractivity contribution in [3.05, 3.63) is 90.6 Å². The molecule has 0 radical (unpaired) electrons. The van der Waals surface area contributed by atoms with E-state index in [1.807, 2.05) is 36.5 Å². The fraction of sp³-hybridized carbons (Fsp3) is 0.0909. The van der Waals surface area contributed by atoms with Crippen LogP contribution in [0.25, 0.3) is 28.0 Å². The third-order valence-corrected chi connectivity index (χ3v) is 4.54. The summed E-state index contributed by atoms with van der Waals surface area (Å²) in [5.74, 6) is 0.479. The third kappa shape index (κ3) is 3.58. The number of halogens is 1. The van der Waals surface area contributed by atoms with Gasteiger partial charge in [-0.15, -0.1) is 0 Å². The van der Waals surface area contributed by atoms with Crippen molar-refractivity contribution < 1.29 is 4.39 Å². The van der Waals surface area contributed by atoms with E-state index >= 15 is 0 Å². The van der Waals surface area contributed by atoms with Crippen LogP contribution >= 0.6 is 0 Å². The lowest BCUT2D eigenvalue weighted by Gasteiger charge is -2.10. The van der Waals surface area contributed by atoms with Gasteiger partial charge in [-0.1, -0.05) is 43.0 Å². The number of H-pyrrole nitrogens is 1. The number of aromatic nitrogens is 3. The van der Waals surface area contributed by atoms with Gasteiger partial charge in [0.05, 0.1) is 5.52 Å². The molecule has 4 nitrogen and oxygen atoms in total. The quantitative estimate of drug-likeness (QED) is 0.531. The summed E-state index contributed by atoms with van der Waals surface area (Å²) in [6.45, 7) is 4.83. The van der Waals surface area contributed by atoms with E-state index in [-0.39, 0.29) is 5.82 Å². The Kier molecular flexibility index (Phi) is 4.66. The van der Waals surface area contributed by atoms with Crippen LogP contribution in [0.4, 0.5) is 4.39 Å². The lowest BCUT2D eigenvalue weighted by Crippen LogP contribution is -2.14. The molecule has 0 aliphatic carbocycles. The molecule has 2 aromatic carbocycles. The molecule has 4 aromatic rings. The summed E-state index contributed by atoms with van der Waals surface area (Å²) in [7, 11) is 0. The summed E-state index contributed by atoms with van der Waals surface area (Å²) in [4.78, 5) is 11.5. The highest BCUT2D eigenvalue weighted by molar-refractivity contribution is 5.83. The smallest absolute Gasteiger partial charge is 0.159 e. The SMILES string of the molecule is C=C(NCCc1c[nH]c2c(F)cccc12)c1ccc(-c2ncccn2)cc1. The van der Waals surface area contributed by atoms with Crippen LogP contribution in [0.3, 0.4) is 0 Å². The maximum atomic E-state index is 13.8. The molecule has 0 saturated carbocycles. The predicted octanol–water partition coefficient (Wildman–Crippen LogP) is 4.57. The average Bonchev–Trinajstić information content (AvgIpc) is 3.13. The van der Waals surface area contributed by atoms with E-state index in [9.17, 15) is 4.39 Å². The van der Waals surface area contributed by atoms with Crippen LogP contribution in [-0.4, -0.2) is 21.5 Å². The van der Waals surface area contributed by atoms with Gasteiger partial charge in [-0.25, -0.2) is 14.4 Å². The Morgan fingerprint density at radius 3 is 2.59 bits per heavy atom. The average molecular weight is 358 g/mol. The molecule has 0 bridgehead atoms. The fourth-order valence-corrected chi connectivity index (χ4v) is 3.10. The highest BCUT2D eigenvalue weighted by atomic mass is 19.1. The monoisotopic (exact) mass is 358 g/mol. The number of rotatable bonds is 6. The van der Waals surface area contributed by atoms with Crippen LogP contribution in [-0.2, 0) is 6.42 Å². The van der Waals surface area contributed by atoms with Gasteiger partial charge in [0, 0.05) is 41.8 Å². The number of fused-ring (bicyclic) bond motifs is 1. The van der Waals surface area contributed by atoms with Crippen molar-refractivity contribution in [2.75, 3.05) is 6.54 Å². The van der Waals surface area contributed by atoms with Gasteiger partial charge >= 0.3 is 0 Å². The molecular weight excluding hydrogens is 339 g/mol. The Labute approximate surface area is 156 Å². The van der Waals surface area contributed by atoms with Gasteiger partial charge in [-0.2, -0.15) is 0 Å². The second-order valence-electron chi connectivity index (χ2n) is 6.28. The van der Waals surface area contributed by atoms with E-state index in [2.05, 4.69) is 26.8 Å². The van der Waals surface area contributed by atoms with Gasteiger partial charge in [-0.3, -0.25) is 0 Å². The maximum absolute atomic E-state index is 13.8. The number of benzene rings is 2. The first-order valence-electron chi connectivity index (χ1n) is 8.77. The number of hydrogen-bond acceptors (Lipinski definition) is 3. The highest BCUT2D eigenvalue weighted by Crippen LogP contribution is 2.21. The van der Waals surface area contributed by atoms with Crippen molar-refractivity contribution in [2.24, 2.45) is 0 Å². The molecule has 2 heterocycles. The molecule has 134 valence electrons. The summed E-state index contributed by atoms with van der Waals surface area (Å²) in [6.07, 6.45) is 6.10. The number of nitrogens with one attached hydrogen (secondary N) is 2. The van der Waals surface area contributed by atoms with E-state index in [0.29, 0.717) is 17.9 Å². The van der Waals surface area contributed by atoms with Gasteiger partial charge in [-0.05, 0) is 29.7 Å². The van der Waals surface area contributed by atoms with Crippen molar-refractivity contribution in [1.82, 2.24) is 20.3 Å². The lowest BCUT2D eigenvalue weighted by molar-refractivity contribution is 0.637. The lowest BCUT2D eigenvalue weighted by atomic mass is 10.1. The van der Waals surface area contributed by atoms with Gasteiger partial charge < -0.3 is 10.3 Å². The first kappa shape index (κ1) is 17.0. The number of para-hydroxylation sites is 1. The zero-order valence-corrected chi connectivity index (χ0v) is 14.7. The molecule has 0 unspecified atom stereocenters. The highest BCUT2D eigenvalue weighted by Gasteiger charge is 2.07. The van der Waals surface area contributed by atoms with Gasteiger partial charge in [0.2, 0.25) is 0 Å². The third-order valence-electron chi connectivity index (χ3n) is 4.54. The molecule has 0 fully saturated rings. The summed E-state index contributed by atoms with van der Waals surface area (Å²) in [5, 5.41) is 4.27. The zero-order chi connectivity index (χ0) is 18.6. The van der Waals surface area contributed by atoms with Crippen LogP contribution < -0.4 is 5.32 Å². The van der Waals surface area contributed by atoms with E-state index < -0.39 is 0 Å². The minimum atomic E-state index is -0.224. The summed E-state index contributed by atoms with van der Waals surface area (Å²) in [6, 6.07) is 14.9. The normalized spacial score (nSPS) is 10.9. The van der Waals surface area contributed by atoms with Crippen molar-refractivity contribution >= 4 is 16.6 Å². The van der Waals surface area contributed by atoms with E-state index in [4.69, 9.17) is 0 Å². The van der Waals surface area contributed by atoms with Crippen LogP contribution in [0.1, 0.15) is 11.1 Å². The number of nitrogens with zero attached hydrogens (tertiary/aromatic N) is 2. The Hall–Kier alpha value is -3.47. The maximum Gasteiger partial charge on any atom is 0.159 e. The first-order chi connectivity index (χ1) is 13.2. The fourth-order valence-electron chi connectivity index (χ4n) is 3.10. The molecule has 27 heavy (non-hydrogen) atoms. The Morgan fingerprint density at radius 1 is 1.04 bits per heavy atom. The Morgan fingerprint density at radius 2 is 1.81 bits per heavy atom. The van der Waals surface area contributed by atoms with Crippen molar-refractivity contribution in [2.45, 2.75) is 6.42 Å². The molecule has 0 saturated heterocycles. The summed E-state index contributed by atoms with van der Waals surface area (Å²) < 4.78 is 13.8. The van der Waals surface area contributed by atoms with E-state index in [1.54, 1.807) is 24.5 Å².